The van der Waals surface area contributed by atoms with Gasteiger partial charge in [0, 0.05) is 41.7 Å². The first-order chi connectivity index (χ1) is 20.6. The van der Waals surface area contributed by atoms with Crippen LogP contribution < -0.4 is 0 Å². The minimum Gasteiger partial charge on any atom is -0.465 e. The summed E-state index contributed by atoms with van der Waals surface area (Å²) in [5.74, 6) is 0.00959. The highest BCUT2D eigenvalue weighted by atomic mass is 16.5. The molecule has 0 atom stereocenters. The van der Waals surface area contributed by atoms with Gasteiger partial charge in [0.15, 0.2) is 0 Å². The van der Waals surface area contributed by atoms with Gasteiger partial charge in [0.25, 0.3) is 5.91 Å². The standard InChI is InChI=1S/C37H38N2O3/c1-2-42-36(40)28-39-27-32(34-22-12-13-23-35(34)39)21-14-25-38(37(41)31-19-10-5-11-20-31)26-24-33(29-15-6-3-7-16-29)30-17-8-4-9-18-30/h3-13,15-20,22-23,27,33H,2,14,21,24-26,28H2,1H3. The van der Waals surface area contributed by atoms with E-state index in [1.807, 2.05) is 77.1 Å². The van der Waals surface area contributed by atoms with Crippen molar-refractivity contribution in [2.45, 2.75) is 38.6 Å². The number of para-hydroxylation sites is 1. The van der Waals surface area contributed by atoms with Crippen molar-refractivity contribution in [3.05, 3.63) is 144 Å². The van der Waals surface area contributed by atoms with E-state index in [9.17, 15) is 9.59 Å². The Morgan fingerprint density at radius 2 is 1.36 bits per heavy atom. The lowest BCUT2D eigenvalue weighted by Crippen LogP contribution is -2.34. The summed E-state index contributed by atoms with van der Waals surface area (Å²) in [5.41, 5.74) is 5.41. The summed E-state index contributed by atoms with van der Waals surface area (Å²) in [5, 5.41) is 1.14. The zero-order valence-electron chi connectivity index (χ0n) is 24.2. The molecule has 1 heterocycles. The van der Waals surface area contributed by atoms with Crippen molar-refractivity contribution in [3.8, 4) is 0 Å². The molecule has 0 saturated heterocycles. The van der Waals surface area contributed by atoms with E-state index in [1.54, 1.807) is 0 Å². The van der Waals surface area contributed by atoms with Crippen molar-refractivity contribution in [3.63, 3.8) is 0 Å². The van der Waals surface area contributed by atoms with E-state index >= 15 is 0 Å². The van der Waals surface area contributed by atoms with Gasteiger partial charge in [0.1, 0.15) is 6.54 Å². The molecular weight excluding hydrogens is 520 g/mol. The van der Waals surface area contributed by atoms with E-state index in [-0.39, 0.29) is 24.3 Å². The van der Waals surface area contributed by atoms with Crippen LogP contribution in [-0.4, -0.2) is 41.0 Å². The van der Waals surface area contributed by atoms with Crippen molar-refractivity contribution in [2.75, 3.05) is 19.7 Å². The second-order valence-corrected chi connectivity index (χ2v) is 10.5. The molecule has 0 aliphatic rings. The quantitative estimate of drug-likeness (QED) is 0.141. The zero-order valence-corrected chi connectivity index (χ0v) is 24.2. The second kappa shape index (κ2) is 14.3. The molecule has 1 aromatic heterocycles. The SMILES string of the molecule is CCOC(=O)Cn1cc(CCCN(CCC(c2ccccc2)c2ccccc2)C(=O)c2ccccc2)c2ccccc21. The third-order valence-electron chi connectivity index (χ3n) is 7.75. The molecule has 5 rings (SSSR count). The molecule has 5 aromatic rings. The average molecular weight is 559 g/mol. The number of carbonyl (C=O) groups is 2. The van der Waals surface area contributed by atoms with Crippen LogP contribution in [0.3, 0.4) is 0 Å². The highest BCUT2D eigenvalue weighted by Gasteiger charge is 2.20. The van der Waals surface area contributed by atoms with Crippen LogP contribution in [0.4, 0.5) is 0 Å². The molecule has 0 bridgehead atoms. The van der Waals surface area contributed by atoms with Gasteiger partial charge >= 0.3 is 5.97 Å². The van der Waals surface area contributed by atoms with Crippen molar-refractivity contribution in [1.82, 2.24) is 9.47 Å². The van der Waals surface area contributed by atoms with Gasteiger partial charge in [-0.1, -0.05) is 97.1 Å². The molecule has 5 nitrogen and oxygen atoms in total. The maximum Gasteiger partial charge on any atom is 0.325 e. The largest absolute Gasteiger partial charge is 0.465 e. The lowest BCUT2D eigenvalue weighted by molar-refractivity contribution is -0.143. The summed E-state index contributed by atoms with van der Waals surface area (Å²) in [6.45, 7) is 3.66. The van der Waals surface area contributed by atoms with E-state index in [0.29, 0.717) is 25.3 Å². The molecule has 0 spiro atoms. The molecule has 5 heteroatoms. The predicted octanol–water partition coefficient (Wildman–Crippen LogP) is 7.50. The lowest BCUT2D eigenvalue weighted by Gasteiger charge is -2.26. The van der Waals surface area contributed by atoms with Gasteiger partial charge in [0.2, 0.25) is 0 Å². The van der Waals surface area contributed by atoms with Gasteiger partial charge in [-0.25, -0.2) is 0 Å². The first-order valence-electron chi connectivity index (χ1n) is 14.8. The minimum atomic E-state index is -0.240. The van der Waals surface area contributed by atoms with Gasteiger partial charge in [0.05, 0.1) is 6.61 Å². The number of amides is 1. The van der Waals surface area contributed by atoms with Gasteiger partial charge in [-0.15, -0.1) is 0 Å². The fourth-order valence-electron chi connectivity index (χ4n) is 5.72. The Morgan fingerprint density at radius 1 is 0.762 bits per heavy atom. The van der Waals surface area contributed by atoms with E-state index in [1.165, 1.54) is 16.7 Å². The Bertz CT molecular complexity index is 1540. The summed E-state index contributed by atoms with van der Waals surface area (Å²) in [4.78, 5) is 28.0. The van der Waals surface area contributed by atoms with E-state index in [4.69, 9.17) is 4.74 Å². The number of ether oxygens (including phenoxy) is 1. The van der Waals surface area contributed by atoms with E-state index in [2.05, 4.69) is 60.8 Å². The average Bonchev–Trinajstić information content (AvgIpc) is 3.38. The summed E-state index contributed by atoms with van der Waals surface area (Å²) in [6.07, 6.45) is 4.50. The molecule has 4 aromatic carbocycles. The molecule has 0 aliphatic carbocycles. The molecule has 0 unspecified atom stereocenters. The van der Waals surface area contributed by atoms with Crippen LogP contribution in [0, 0.1) is 0 Å². The molecular formula is C37H38N2O3. The summed E-state index contributed by atoms with van der Waals surface area (Å²) >= 11 is 0. The Labute approximate surface area is 248 Å². The number of fused-ring (bicyclic) bond motifs is 1. The minimum absolute atomic E-state index is 0.0558. The molecule has 214 valence electrons. The third kappa shape index (κ3) is 7.16. The topological polar surface area (TPSA) is 51.5 Å². The van der Waals surface area contributed by atoms with Crippen molar-refractivity contribution < 1.29 is 14.3 Å². The number of hydrogen-bond donors (Lipinski definition) is 0. The van der Waals surface area contributed by atoms with Crippen LogP contribution in [0.2, 0.25) is 0 Å². The van der Waals surface area contributed by atoms with Crippen LogP contribution in [0.1, 0.15) is 52.7 Å². The smallest absolute Gasteiger partial charge is 0.325 e. The summed E-state index contributed by atoms with van der Waals surface area (Å²) < 4.78 is 7.16. The highest BCUT2D eigenvalue weighted by molar-refractivity contribution is 5.94. The number of benzene rings is 4. The monoisotopic (exact) mass is 558 g/mol. The van der Waals surface area contributed by atoms with Crippen molar-refractivity contribution >= 4 is 22.8 Å². The number of rotatable bonds is 13. The van der Waals surface area contributed by atoms with Crippen LogP contribution in [0.5, 0.6) is 0 Å². The molecule has 0 aliphatic heterocycles. The van der Waals surface area contributed by atoms with Crippen molar-refractivity contribution in [2.24, 2.45) is 0 Å². The number of hydrogen-bond acceptors (Lipinski definition) is 3. The van der Waals surface area contributed by atoms with Gasteiger partial charge < -0.3 is 14.2 Å². The second-order valence-electron chi connectivity index (χ2n) is 10.5. The third-order valence-corrected chi connectivity index (χ3v) is 7.75. The Hall–Kier alpha value is -4.64. The number of carbonyl (C=O) groups excluding carboxylic acids is 2. The highest BCUT2D eigenvalue weighted by Crippen LogP contribution is 2.29. The fourth-order valence-corrected chi connectivity index (χ4v) is 5.72. The fraction of sp³-hybridized carbons (Fsp3) is 0.243. The van der Waals surface area contributed by atoms with Crippen LogP contribution in [0.25, 0.3) is 10.9 Å². The maximum absolute atomic E-state index is 13.7. The Balaban J connectivity index is 1.34. The number of aromatic nitrogens is 1. The van der Waals surface area contributed by atoms with E-state index < -0.39 is 0 Å². The Kier molecular flexibility index (Phi) is 9.84. The number of nitrogens with zero attached hydrogens (tertiary/aromatic N) is 2. The van der Waals surface area contributed by atoms with Gasteiger partial charge in [-0.2, -0.15) is 0 Å². The first kappa shape index (κ1) is 28.9. The lowest BCUT2D eigenvalue weighted by atomic mass is 9.88. The predicted molar refractivity (Wildman–Crippen MR) is 169 cm³/mol. The van der Waals surface area contributed by atoms with Crippen LogP contribution >= 0.6 is 0 Å². The van der Waals surface area contributed by atoms with Gasteiger partial charge in [-0.05, 0) is 61.1 Å². The molecule has 0 fully saturated rings. The normalized spacial score (nSPS) is 11.1. The number of esters is 1. The molecule has 42 heavy (non-hydrogen) atoms. The molecule has 1 amide bonds. The molecule has 0 radical (unpaired) electrons. The van der Waals surface area contributed by atoms with Gasteiger partial charge in [-0.3, -0.25) is 9.59 Å². The Morgan fingerprint density at radius 3 is 2.00 bits per heavy atom. The van der Waals surface area contributed by atoms with Crippen molar-refractivity contribution in [1.29, 1.82) is 0 Å². The first-order valence-corrected chi connectivity index (χ1v) is 14.8. The maximum atomic E-state index is 13.7. The van der Waals surface area contributed by atoms with Crippen LogP contribution in [-0.2, 0) is 22.5 Å². The number of aryl methyl sites for hydroxylation is 1. The summed E-state index contributed by atoms with van der Waals surface area (Å²) in [7, 11) is 0. The molecule has 0 N–H and O–H groups in total. The molecule has 0 saturated carbocycles. The van der Waals surface area contributed by atoms with E-state index in [0.717, 1.165) is 30.2 Å². The van der Waals surface area contributed by atoms with Crippen LogP contribution in [0.15, 0.2) is 121 Å². The summed E-state index contributed by atoms with van der Waals surface area (Å²) in [6, 6.07) is 38.8. The zero-order chi connectivity index (χ0) is 29.1.